The standard InChI is InChI=1S/C20H17N3O2/c1-2-4-14-10-19(24)23-18-11-16(7-8-17(14)18)22-20(25)15-6-3-5-13(9-15)12-21/h3,5-11H,2,4H2,1H3,(H,22,25)(H,23,24). The van der Waals surface area contributed by atoms with Crippen molar-refractivity contribution >= 4 is 22.5 Å². The Morgan fingerprint density at radius 1 is 1.20 bits per heavy atom. The zero-order chi connectivity index (χ0) is 17.8. The second-order valence-electron chi connectivity index (χ2n) is 5.82. The van der Waals surface area contributed by atoms with Gasteiger partial charge in [-0.1, -0.05) is 25.5 Å². The lowest BCUT2D eigenvalue weighted by Gasteiger charge is -2.09. The van der Waals surface area contributed by atoms with Gasteiger partial charge in [0.15, 0.2) is 0 Å². The Hall–Kier alpha value is -3.39. The minimum atomic E-state index is -0.302. The topological polar surface area (TPSA) is 85.8 Å². The summed E-state index contributed by atoms with van der Waals surface area (Å²) in [5, 5.41) is 12.7. The number of aromatic amines is 1. The zero-order valence-corrected chi connectivity index (χ0v) is 13.8. The van der Waals surface area contributed by atoms with E-state index >= 15 is 0 Å². The van der Waals surface area contributed by atoms with E-state index in [2.05, 4.69) is 17.2 Å². The van der Waals surface area contributed by atoms with E-state index in [9.17, 15) is 9.59 Å². The van der Waals surface area contributed by atoms with Crippen molar-refractivity contribution in [1.82, 2.24) is 4.98 Å². The third-order valence-corrected chi connectivity index (χ3v) is 3.96. The Kier molecular flexibility index (Phi) is 4.62. The predicted molar refractivity (Wildman–Crippen MR) is 97.7 cm³/mol. The van der Waals surface area contributed by atoms with Gasteiger partial charge in [0.1, 0.15) is 0 Å². The Morgan fingerprint density at radius 3 is 2.80 bits per heavy atom. The van der Waals surface area contributed by atoms with Crippen LogP contribution >= 0.6 is 0 Å². The number of benzene rings is 2. The van der Waals surface area contributed by atoms with Gasteiger partial charge in [0, 0.05) is 22.7 Å². The van der Waals surface area contributed by atoms with Crippen LogP contribution in [0.3, 0.4) is 0 Å². The predicted octanol–water partition coefficient (Wildman–Crippen LogP) is 3.60. The molecule has 5 heteroatoms. The van der Waals surface area contributed by atoms with E-state index in [4.69, 9.17) is 5.26 Å². The SMILES string of the molecule is CCCc1cc(=O)[nH]c2cc(NC(=O)c3cccc(C#N)c3)ccc12. The maximum Gasteiger partial charge on any atom is 0.255 e. The van der Waals surface area contributed by atoms with Crippen molar-refractivity contribution in [1.29, 1.82) is 5.26 Å². The number of fused-ring (bicyclic) bond motifs is 1. The van der Waals surface area contributed by atoms with E-state index in [1.807, 2.05) is 18.2 Å². The van der Waals surface area contributed by atoms with Gasteiger partial charge in [-0.2, -0.15) is 5.26 Å². The van der Waals surface area contributed by atoms with Crippen LogP contribution in [0, 0.1) is 11.3 Å². The third-order valence-electron chi connectivity index (χ3n) is 3.96. The molecule has 0 saturated heterocycles. The average Bonchev–Trinajstić information content (AvgIpc) is 2.61. The largest absolute Gasteiger partial charge is 0.322 e. The molecule has 25 heavy (non-hydrogen) atoms. The normalized spacial score (nSPS) is 10.4. The molecule has 5 nitrogen and oxygen atoms in total. The maximum atomic E-state index is 12.4. The molecule has 0 spiro atoms. The first-order chi connectivity index (χ1) is 12.1. The summed E-state index contributed by atoms with van der Waals surface area (Å²) in [5.74, 6) is -0.302. The van der Waals surface area contributed by atoms with Crippen LogP contribution in [0.25, 0.3) is 10.9 Å². The molecule has 0 aliphatic heterocycles. The smallest absolute Gasteiger partial charge is 0.255 e. The van der Waals surface area contributed by atoms with Gasteiger partial charge in [-0.15, -0.1) is 0 Å². The van der Waals surface area contributed by atoms with Gasteiger partial charge in [0.05, 0.1) is 17.1 Å². The van der Waals surface area contributed by atoms with Crippen LogP contribution in [0.5, 0.6) is 0 Å². The fourth-order valence-electron chi connectivity index (χ4n) is 2.82. The van der Waals surface area contributed by atoms with E-state index in [0.717, 1.165) is 23.8 Å². The second kappa shape index (κ2) is 7.02. The average molecular weight is 331 g/mol. The van der Waals surface area contributed by atoms with Crippen LogP contribution in [-0.2, 0) is 6.42 Å². The monoisotopic (exact) mass is 331 g/mol. The van der Waals surface area contributed by atoms with E-state index in [1.54, 1.807) is 30.3 Å². The summed E-state index contributed by atoms with van der Waals surface area (Å²) in [7, 11) is 0. The zero-order valence-electron chi connectivity index (χ0n) is 13.8. The minimum absolute atomic E-state index is 0.152. The van der Waals surface area contributed by atoms with Gasteiger partial charge in [-0.05, 0) is 42.3 Å². The Bertz CT molecular complexity index is 1040. The van der Waals surface area contributed by atoms with Crippen LogP contribution in [0.1, 0.15) is 34.8 Å². The lowest BCUT2D eigenvalue weighted by atomic mass is 10.0. The summed E-state index contributed by atoms with van der Waals surface area (Å²) >= 11 is 0. The first kappa shape index (κ1) is 16.5. The van der Waals surface area contributed by atoms with Gasteiger partial charge in [-0.3, -0.25) is 9.59 Å². The number of nitriles is 1. The summed E-state index contributed by atoms with van der Waals surface area (Å²) in [5.41, 5.74) is 2.97. The summed E-state index contributed by atoms with van der Waals surface area (Å²) in [6.45, 7) is 2.07. The molecule has 0 fully saturated rings. The Labute approximate surface area is 144 Å². The number of rotatable bonds is 4. The number of H-pyrrole nitrogens is 1. The molecule has 3 aromatic rings. The quantitative estimate of drug-likeness (QED) is 0.766. The van der Waals surface area contributed by atoms with Crippen molar-refractivity contribution < 1.29 is 4.79 Å². The highest BCUT2D eigenvalue weighted by Crippen LogP contribution is 2.21. The number of amides is 1. The van der Waals surface area contributed by atoms with Crippen LogP contribution < -0.4 is 10.9 Å². The number of pyridine rings is 1. The van der Waals surface area contributed by atoms with Gasteiger partial charge < -0.3 is 10.3 Å². The van der Waals surface area contributed by atoms with Crippen molar-refractivity contribution in [3.63, 3.8) is 0 Å². The highest BCUT2D eigenvalue weighted by Gasteiger charge is 2.09. The first-order valence-electron chi connectivity index (χ1n) is 8.08. The number of hydrogen-bond acceptors (Lipinski definition) is 3. The molecule has 1 aromatic heterocycles. The molecular weight excluding hydrogens is 314 g/mol. The number of aromatic nitrogens is 1. The molecule has 0 radical (unpaired) electrons. The molecular formula is C20H17N3O2. The summed E-state index contributed by atoms with van der Waals surface area (Å²) in [4.78, 5) is 27.0. The van der Waals surface area contributed by atoms with Gasteiger partial charge in [0.2, 0.25) is 5.56 Å². The minimum Gasteiger partial charge on any atom is -0.322 e. The number of nitrogens with one attached hydrogen (secondary N) is 2. The van der Waals surface area contributed by atoms with Gasteiger partial charge in [-0.25, -0.2) is 0 Å². The second-order valence-corrected chi connectivity index (χ2v) is 5.82. The van der Waals surface area contributed by atoms with E-state index in [-0.39, 0.29) is 11.5 Å². The fourth-order valence-corrected chi connectivity index (χ4v) is 2.82. The molecule has 0 saturated carbocycles. The summed E-state index contributed by atoms with van der Waals surface area (Å²) in [6.07, 6.45) is 1.78. The maximum absolute atomic E-state index is 12.4. The molecule has 124 valence electrons. The van der Waals surface area contributed by atoms with Gasteiger partial charge in [0.25, 0.3) is 5.91 Å². The van der Waals surface area contributed by atoms with Crippen molar-refractivity contribution in [2.45, 2.75) is 19.8 Å². The molecule has 2 N–H and O–H groups in total. The molecule has 0 aliphatic carbocycles. The Morgan fingerprint density at radius 2 is 2.04 bits per heavy atom. The van der Waals surface area contributed by atoms with Gasteiger partial charge >= 0.3 is 0 Å². The van der Waals surface area contributed by atoms with E-state index in [0.29, 0.717) is 22.3 Å². The van der Waals surface area contributed by atoms with E-state index < -0.39 is 0 Å². The molecule has 0 aliphatic rings. The number of aryl methyl sites for hydroxylation is 1. The number of nitrogens with zero attached hydrogens (tertiary/aromatic N) is 1. The molecule has 2 aromatic carbocycles. The van der Waals surface area contributed by atoms with Crippen LogP contribution in [0.15, 0.2) is 53.3 Å². The van der Waals surface area contributed by atoms with Crippen LogP contribution in [0.2, 0.25) is 0 Å². The molecule has 0 atom stereocenters. The lowest BCUT2D eigenvalue weighted by molar-refractivity contribution is 0.102. The number of anilines is 1. The third kappa shape index (κ3) is 3.59. The molecule has 1 heterocycles. The number of carbonyl (C=O) groups is 1. The van der Waals surface area contributed by atoms with Crippen molar-refractivity contribution in [3.8, 4) is 6.07 Å². The molecule has 1 amide bonds. The van der Waals surface area contributed by atoms with Crippen LogP contribution in [0.4, 0.5) is 5.69 Å². The molecule has 0 unspecified atom stereocenters. The number of carbonyl (C=O) groups excluding carboxylic acids is 1. The van der Waals surface area contributed by atoms with Crippen molar-refractivity contribution in [2.24, 2.45) is 0 Å². The summed E-state index contributed by atoms with van der Waals surface area (Å²) < 4.78 is 0. The lowest BCUT2D eigenvalue weighted by Crippen LogP contribution is -2.12. The number of hydrogen-bond donors (Lipinski definition) is 2. The summed E-state index contributed by atoms with van der Waals surface area (Å²) in [6, 6.07) is 15.6. The van der Waals surface area contributed by atoms with Crippen LogP contribution in [-0.4, -0.2) is 10.9 Å². The molecule has 0 bridgehead atoms. The Balaban J connectivity index is 1.93. The van der Waals surface area contributed by atoms with Crippen molar-refractivity contribution in [3.05, 3.63) is 75.6 Å². The van der Waals surface area contributed by atoms with E-state index in [1.165, 1.54) is 6.07 Å². The highest BCUT2D eigenvalue weighted by atomic mass is 16.1. The van der Waals surface area contributed by atoms with Crippen molar-refractivity contribution in [2.75, 3.05) is 5.32 Å². The molecule has 3 rings (SSSR count). The first-order valence-corrected chi connectivity index (χ1v) is 8.08. The highest BCUT2D eigenvalue weighted by molar-refractivity contribution is 6.05. The fraction of sp³-hybridized carbons (Fsp3) is 0.150.